The van der Waals surface area contributed by atoms with Gasteiger partial charge in [-0.2, -0.15) is 0 Å². The highest BCUT2D eigenvalue weighted by Crippen LogP contribution is 2.47. The van der Waals surface area contributed by atoms with E-state index in [4.69, 9.17) is 0 Å². The van der Waals surface area contributed by atoms with Crippen molar-refractivity contribution >= 4 is 22.7 Å². The average Bonchev–Trinajstić information content (AvgIpc) is 3.90. The van der Waals surface area contributed by atoms with Crippen LogP contribution in [0, 0.1) is 0 Å². The standard InChI is InChI=1S/C46H34O2S2/c47-45(33-17-5-1-6-18-33,34-19-7-2-8-20-34)39-27-15-13-25-37(39)41-29-31-43(49-41)44-32-30-42(50-44)38-26-14-16-28-40(38)46(48,35-21-9-3-10-22-35)36-23-11-4-12-24-36/h1-32,47-48H. The van der Waals surface area contributed by atoms with Gasteiger partial charge in [-0.1, -0.05) is 170 Å². The van der Waals surface area contributed by atoms with Crippen molar-refractivity contribution in [3.63, 3.8) is 0 Å². The van der Waals surface area contributed by atoms with Crippen molar-refractivity contribution in [1.29, 1.82) is 0 Å². The SMILES string of the molecule is OC(c1ccccc1)(c1ccccc1)c1ccccc1-c1ccc(-c2ccc(-c3ccccc3C(O)(c3ccccc3)c3ccccc3)s2)s1. The van der Waals surface area contributed by atoms with Crippen molar-refractivity contribution in [2.45, 2.75) is 11.2 Å². The lowest BCUT2D eigenvalue weighted by atomic mass is 9.78. The predicted molar refractivity (Wildman–Crippen MR) is 208 cm³/mol. The molecule has 0 aliphatic rings. The van der Waals surface area contributed by atoms with Crippen LogP contribution in [0.1, 0.15) is 33.4 Å². The monoisotopic (exact) mass is 682 g/mol. The van der Waals surface area contributed by atoms with Crippen LogP contribution in [0.2, 0.25) is 0 Å². The molecule has 2 aromatic heterocycles. The van der Waals surface area contributed by atoms with E-state index in [2.05, 4.69) is 36.4 Å². The maximum Gasteiger partial charge on any atom is 0.141 e. The van der Waals surface area contributed by atoms with Crippen LogP contribution in [-0.4, -0.2) is 10.2 Å². The van der Waals surface area contributed by atoms with Crippen molar-refractivity contribution in [1.82, 2.24) is 0 Å². The van der Waals surface area contributed by atoms with Crippen molar-refractivity contribution < 1.29 is 10.2 Å². The molecule has 8 rings (SSSR count). The van der Waals surface area contributed by atoms with Gasteiger partial charge in [-0.25, -0.2) is 0 Å². The Labute approximate surface area is 300 Å². The zero-order valence-corrected chi connectivity index (χ0v) is 28.8. The molecule has 2 heterocycles. The van der Waals surface area contributed by atoms with Gasteiger partial charge < -0.3 is 10.2 Å². The molecular formula is C46H34O2S2. The molecule has 4 heteroatoms. The van der Waals surface area contributed by atoms with Gasteiger partial charge in [0.2, 0.25) is 0 Å². The lowest BCUT2D eigenvalue weighted by Crippen LogP contribution is -2.29. The van der Waals surface area contributed by atoms with Crippen LogP contribution in [0.25, 0.3) is 30.6 Å². The topological polar surface area (TPSA) is 40.5 Å². The van der Waals surface area contributed by atoms with Gasteiger partial charge in [0.1, 0.15) is 11.2 Å². The molecule has 242 valence electrons. The second-order valence-corrected chi connectivity index (χ2v) is 14.5. The van der Waals surface area contributed by atoms with E-state index in [-0.39, 0.29) is 0 Å². The summed E-state index contributed by atoms with van der Waals surface area (Å²) in [7, 11) is 0. The molecule has 0 radical (unpaired) electrons. The van der Waals surface area contributed by atoms with Crippen LogP contribution < -0.4 is 0 Å². The first kappa shape index (κ1) is 31.9. The number of rotatable bonds is 9. The van der Waals surface area contributed by atoms with Gasteiger partial charge in [0.05, 0.1) is 0 Å². The molecule has 0 saturated carbocycles. The smallest absolute Gasteiger partial charge is 0.141 e. The van der Waals surface area contributed by atoms with Crippen LogP contribution in [0.5, 0.6) is 0 Å². The van der Waals surface area contributed by atoms with E-state index in [0.717, 1.165) is 64.0 Å². The fourth-order valence-electron chi connectivity index (χ4n) is 6.93. The second kappa shape index (κ2) is 13.5. The molecule has 50 heavy (non-hydrogen) atoms. The normalized spacial score (nSPS) is 11.8. The molecule has 6 aromatic carbocycles. The highest BCUT2D eigenvalue weighted by molar-refractivity contribution is 7.25. The summed E-state index contributed by atoms with van der Waals surface area (Å²) in [6, 6.07) is 64.6. The fraction of sp³-hybridized carbons (Fsp3) is 0.0435. The highest BCUT2D eigenvalue weighted by atomic mass is 32.1. The molecule has 2 N–H and O–H groups in total. The minimum absolute atomic E-state index is 0.822. The molecule has 0 saturated heterocycles. The Bertz CT molecular complexity index is 2090. The van der Waals surface area contributed by atoms with Crippen LogP contribution in [0.15, 0.2) is 194 Å². The van der Waals surface area contributed by atoms with Crippen molar-refractivity contribution in [2.24, 2.45) is 0 Å². The van der Waals surface area contributed by atoms with Gasteiger partial charge in [-0.05, 0) is 57.6 Å². The summed E-state index contributed by atoms with van der Waals surface area (Å²) >= 11 is 3.44. The molecule has 0 unspecified atom stereocenters. The minimum Gasteiger partial charge on any atom is -0.376 e. The first-order valence-electron chi connectivity index (χ1n) is 16.6. The fourth-order valence-corrected chi connectivity index (χ4v) is 9.11. The van der Waals surface area contributed by atoms with Gasteiger partial charge in [-0.3, -0.25) is 0 Å². The molecule has 0 aliphatic carbocycles. The Morgan fingerprint density at radius 1 is 0.280 bits per heavy atom. The zero-order chi connectivity index (χ0) is 34.0. The van der Waals surface area contributed by atoms with Gasteiger partial charge in [0, 0.05) is 30.6 Å². The number of benzene rings is 6. The number of aliphatic hydroxyl groups is 2. The number of thiophene rings is 2. The van der Waals surface area contributed by atoms with Crippen molar-refractivity contribution in [2.75, 3.05) is 0 Å². The molecule has 0 aliphatic heterocycles. The summed E-state index contributed by atoms with van der Waals surface area (Å²) in [5.41, 5.74) is 4.29. The Morgan fingerprint density at radius 2 is 0.540 bits per heavy atom. The minimum atomic E-state index is -1.34. The van der Waals surface area contributed by atoms with E-state index in [9.17, 15) is 10.2 Å². The van der Waals surface area contributed by atoms with E-state index in [1.54, 1.807) is 22.7 Å². The lowest BCUT2D eigenvalue weighted by Gasteiger charge is -2.32. The molecule has 0 atom stereocenters. The van der Waals surface area contributed by atoms with Gasteiger partial charge >= 0.3 is 0 Å². The average molecular weight is 683 g/mol. The molecule has 0 spiro atoms. The molecule has 0 bridgehead atoms. The Morgan fingerprint density at radius 3 is 0.860 bits per heavy atom. The van der Waals surface area contributed by atoms with E-state index in [0.29, 0.717) is 0 Å². The second-order valence-electron chi connectivity index (χ2n) is 12.3. The van der Waals surface area contributed by atoms with Crippen LogP contribution in [0.4, 0.5) is 0 Å². The zero-order valence-electron chi connectivity index (χ0n) is 27.2. The van der Waals surface area contributed by atoms with E-state index in [1.807, 2.05) is 158 Å². The molecule has 0 amide bonds. The quantitative estimate of drug-likeness (QED) is 0.149. The molecule has 8 aromatic rings. The molecule has 2 nitrogen and oxygen atoms in total. The summed E-state index contributed by atoms with van der Waals surface area (Å²) in [5, 5.41) is 25.3. The predicted octanol–water partition coefficient (Wildman–Crippen LogP) is 11.4. The Kier molecular flexibility index (Phi) is 8.61. The van der Waals surface area contributed by atoms with Crippen LogP contribution >= 0.6 is 22.7 Å². The van der Waals surface area contributed by atoms with Gasteiger partial charge in [0.15, 0.2) is 0 Å². The van der Waals surface area contributed by atoms with Gasteiger partial charge in [-0.15, -0.1) is 22.7 Å². The maximum absolute atomic E-state index is 12.7. The first-order valence-corrected chi connectivity index (χ1v) is 18.3. The van der Waals surface area contributed by atoms with Crippen LogP contribution in [-0.2, 0) is 11.2 Å². The van der Waals surface area contributed by atoms with Gasteiger partial charge in [0.25, 0.3) is 0 Å². The Balaban J connectivity index is 1.19. The number of hydrogen-bond acceptors (Lipinski definition) is 4. The van der Waals surface area contributed by atoms with Crippen molar-refractivity contribution in [3.8, 4) is 30.6 Å². The Hall–Kier alpha value is -5.36. The van der Waals surface area contributed by atoms with E-state index >= 15 is 0 Å². The summed E-state index contributed by atoms with van der Waals surface area (Å²) < 4.78 is 0. The third-order valence-corrected chi connectivity index (χ3v) is 11.8. The first-order chi connectivity index (χ1) is 24.6. The van der Waals surface area contributed by atoms with E-state index < -0.39 is 11.2 Å². The molecule has 0 fully saturated rings. The molecular weight excluding hydrogens is 649 g/mol. The largest absolute Gasteiger partial charge is 0.376 e. The third-order valence-electron chi connectivity index (χ3n) is 9.39. The summed E-state index contributed by atoms with van der Waals surface area (Å²) in [4.78, 5) is 4.46. The summed E-state index contributed by atoms with van der Waals surface area (Å²) in [6.45, 7) is 0. The number of hydrogen-bond donors (Lipinski definition) is 2. The van der Waals surface area contributed by atoms with E-state index in [1.165, 1.54) is 0 Å². The lowest BCUT2D eigenvalue weighted by molar-refractivity contribution is 0.126. The third kappa shape index (κ3) is 5.63. The highest BCUT2D eigenvalue weighted by Gasteiger charge is 2.37. The van der Waals surface area contributed by atoms with Crippen LogP contribution in [0.3, 0.4) is 0 Å². The maximum atomic E-state index is 12.7. The summed E-state index contributed by atoms with van der Waals surface area (Å²) in [6.07, 6.45) is 0. The summed E-state index contributed by atoms with van der Waals surface area (Å²) in [5.74, 6) is 0. The van der Waals surface area contributed by atoms with Crippen molar-refractivity contribution in [3.05, 3.63) is 228 Å².